The predicted molar refractivity (Wildman–Crippen MR) is 325 cm³/mol. The lowest BCUT2D eigenvalue weighted by Gasteiger charge is -2.24. The number of ether oxygens (including phenoxy) is 2. The number of phosphoric ester groups is 1. The van der Waals surface area contributed by atoms with Crippen molar-refractivity contribution in [2.75, 3.05) is 47.5 Å². The lowest BCUT2D eigenvalue weighted by molar-refractivity contribution is -0.870. The Balaban J connectivity index is 4.26. The lowest BCUT2D eigenvalue weighted by Crippen LogP contribution is -2.37. The summed E-state index contributed by atoms with van der Waals surface area (Å²) in [6.07, 6.45) is 79.8. The molecule has 0 amide bonds. The molecule has 2 atom stereocenters. The van der Waals surface area contributed by atoms with Crippen molar-refractivity contribution in [1.82, 2.24) is 0 Å². The predicted octanol–water partition coefficient (Wildman–Crippen LogP) is 19.1. The number of hydrogen-bond donors (Lipinski definition) is 1. The number of unbranched alkanes of at least 4 members (excludes halogenated alkanes) is 20. The maximum Gasteiger partial charge on any atom is 0.472 e. The van der Waals surface area contributed by atoms with Crippen molar-refractivity contribution in [3.05, 3.63) is 122 Å². The molecule has 0 aliphatic carbocycles. The first-order valence-electron chi connectivity index (χ1n) is 30.3. The van der Waals surface area contributed by atoms with Crippen LogP contribution >= 0.6 is 7.82 Å². The fourth-order valence-electron chi connectivity index (χ4n) is 7.83. The number of likely N-dealkylation sites (N-methyl/N-ethyl adjacent to an activating group) is 1. The first-order valence-corrected chi connectivity index (χ1v) is 31.8. The second-order valence-corrected chi connectivity index (χ2v) is 22.5. The van der Waals surface area contributed by atoms with Crippen molar-refractivity contribution in [1.29, 1.82) is 0 Å². The molecule has 0 aliphatic rings. The quantitative estimate of drug-likeness (QED) is 0.0211. The maximum atomic E-state index is 12.8. The number of hydrogen-bond acceptors (Lipinski definition) is 7. The molecule has 0 aromatic rings. The molecule has 434 valence electrons. The summed E-state index contributed by atoms with van der Waals surface area (Å²) in [5.41, 5.74) is 0. The summed E-state index contributed by atoms with van der Waals surface area (Å²) < 4.78 is 34.6. The number of nitrogens with zero attached hydrogens (tertiary/aromatic N) is 1. The highest BCUT2D eigenvalue weighted by molar-refractivity contribution is 7.47. The number of carbonyl (C=O) groups is 2. The maximum absolute atomic E-state index is 12.8. The van der Waals surface area contributed by atoms with Crippen LogP contribution in [0.25, 0.3) is 0 Å². The lowest BCUT2D eigenvalue weighted by atomic mass is 10.0. The van der Waals surface area contributed by atoms with Gasteiger partial charge in [0.1, 0.15) is 19.8 Å². The SMILES string of the molecule is CC/C=C\C/C=C\C/C=C\C/C=C\C/C=C\C/C=C\C/C=C\C/C=C\CCCCCCC(=O)OC(COC(=O)CCCCCCCCCCCCC/C=C\C/C=C\CCCCCCC)COP(=O)(O)OCC[N+](C)(C)C. The third kappa shape index (κ3) is 59.7. The van der Waals surface area contributed by atoms with Crippen LogP contribution in [-0.4, -0.2) is 74.9 Å². The Kier molecular flexibility index (Phi) is 53.5. The van der Waals surface area contributed by atoms with Crippen molar-refractivity contribution >= 4 is 19.8 Å². The van der Waals surface area contributed by atoms with Gasteiger partial charge in [-0.15, -0.1) is 0 Å². The monoisotopic (exact) mass is 1080 g/mol. The molecular formula is C66H113NO8P+. The van der Waals surface area contributed by atoms with Gasteiger partial charge in [0.25, 0.3) is 0 Å². The van der Waals surface area contributed by atoms with E-state index in [4.69, 9.17) is 18.5 Å². The Labute approximate surface area is 467 Å². The van der Waals surface area contributed by atoms with Crippen molar-refractivity contribution < 1.29 is 42.1 Å². The van der Waals surface area contributed by atoms with E-state index in [2.05, 4.69) is 135 Å². The van der Waals surface area contributed by atoms with Crippen molar-refractivity contribution in [2.24, 2.45) is 0 Å². The Morgan fingerprint density at radius 2 is 0.750 bits per heavy atom. The van der Waals surface area contributed by atoms with E-state index in [1.54, 1.807) is 0 Å². The highest BCUT2D eigenvalue weighted by Gasteiger charge is 2.27. The summed E-state index contributed by atoms with van der Waals surface area (Å²) in [5.74, 6) is -0.835. The van der Waals surface area contributed by atoms with Crippen molar-refractivity contribution in [3.8, 4) is 0 Å². The standard InChI is InChI=1S/C66H112NO8P/c1-6-8-10-12-14-16-18-20-22-24-26-28-30-31-32-33-34-35-37-39-41-43-45-47-49-51-53-55-57-59-66(69)75-64(63-74-76(70,71)73-61-60-67(3,4)5)62-72-65(68)58-56-54-52-50-48-46-44-42-40-38-36-29-27-25-23-21-19-17-15-13-11-9-7-2/h8,10,14,16,19-22,25-28,31-32,34-35,39,41,45,47,64H,6-7,9,11-13,15,17-18,23-24,29-30,33,36-38,40,42-44,46,48-63H2,1-5H3/p+1/b10-8-,16-14-,21-19-,22-20-,27-25-,28-26-,32-31-,35-34-,41-39-,47-45-. The minimum atomic E-state index is -4.40. The molecule has 0 aliphatic heterocycles. The normalized spacial score (nSPS) is 14.1. The number of rotatable bonds is 54. The number of quaternary nitrogens is 1. The van der Waals surface area contributed by atoms with Gasteiger partial charge >= 0.3 is 19.8 Å². The van der Waals surface area contributed by atoms with Crippen LogP contribution in [0.4, 0.5) is 0 Å². The molecule has 0 aromatic carbocycles. The molecule has 1 N–H and O–H groups in total. The van der Waals surface area contributed by atoms with E-state index >= 15 is 0 Å². The molecule has 0 saturated carbocycles. The van der Waals surface area contributed by atoms with Crippen LogP contribution in [0.5, 0.6) is 0 Å². The minimum Gasteiger partial charge on any atom is -0.462 e. The van der Waals surface area contributed by atoms with Gasteiger partial charge in [-0.25, -0.2) is 4.57 Å². The molecule has 76 heavy (non-hydrogen) atoms. The summed E-state index contributed by atoms with van der Waals surface area (Å²) >= 11 is 0. The van der Waals surface area contributed by atoms with Gasteiger partial charge in [0, 0.05) is 12.8 Å². The molecular weight excluding hydrogens is 966 g/mol. The first kappa shape index (κ1) is 72.4. The van der Waals surface area contributed by atoms with Crippen LogP contribution in [0.2, 0.25) is 0 Å². The van der Waals surface area contributed by atoms with E-state index in [0.717, 1.165) is 103 Å². The van der Waals surface area contributed by atoms with Gasteiger partial charge in [0.05, 0.1) is 27.7 Å². The molecule has 2 unspecified atom stereocenters. The van der Waals surface area contributed by atoms with Gasteiger partial charge in [-0.1, -0.05) is 232 Å². The Hall–Kier alpha value is -3.59. The van der Waals surface area contributed by atoms with Crippen LogP contribution in [0.1, 0.15) is 232 Å². The first-order chi connectivity index (χ1) is 37.0. The average Bonchev–Trinajstić information content (AvgIpc) is 3.38. The Bertz CT molecular complexity index is 1700. The summed E-state index contributed by atoms with van der Waals surface area (Å²) in [6.45, 7) is 4.27. The summed E-state index contributed by atoms with van der Waals surface area (Å²) in [5, 5.41) is 0. The largest absolute Gasteiger partial charge is 0.472 e. The smallest absolute Gasteiger partial charge is 0.462 e. The van der Waals surface area contributed by atoms with Gasteiger partial charge in [0.2, 0.25) is 0 Å². The number of allylic oxidation sites excluding steroid dienone is 20. The second-order valence-electron chi connectivity index (χ2n) is 21.0. The second kappa shape index (κ2) is 56.1. The fourth-order valence-corrected chi connectivity index (χ4v) is 8.57. The van der Waals surface area contributed by atoms with Crippen LogP contribution in [0.3, 0.4) is 0 Å². The summed E-state index contributed by atoms with van der Waals surface area (Å²) in [6, 6.07) is 0. The third-order valence-electron chi connectivity index (χ3n) is 12.5. The number of phosphoric acid groups is 1. The van der Waals surface area contributed by atoms with E-state index in [1.165, 1.54) is 96.3 Å². The Morgan fingerprint density at radius 1 is 0.421 bits per heavy atom. The molecule has 0 fully saturated rings. The minimum absolute atomic E-state index is 0.0194. The van der Waals surface area contributed by atoms with E-state index in [0.29, 0.717) is 17.4 Å². The van der Waals surface area contributed by atoms with E-state index in [9.17, 15) is 19.0 Å². The third-order valence-corrected chi connectivity index (χ3v) is 13.5. The van der Waals surface area contributed by atoms with Crippen LogP contribution in [0, 0.1) is 0 Å². The topological polar surface area (TPSA) is 108 Å². The van der Waals surface area contributed by atoms with E-state index in [-0.39, 0.29) is 32.0 Å². The average molecular weight is 1080 g/mol. The van der Waals surface area contributed by atoms with Crippen LogP contribution < -0.4 is 0 Å². The van der Waals surface area contributed by atoms with Crippen LogP contribution in [0.15, 0.2) is 122 Å². The zero-order valence-electron chi connectivity index (χ0n) is 49.2. The van der Waals surface area contributed by atoms with Gasteiger partial charge in [-0.05, 0) is 109 Å². The zero-order valence-corrected chi connectivity index (χ0v) is 50.1. The number of esters is 2. The van der Waals surface area contributed by atoms with Gasteiger partial charge in [-0.2, -0.15) is 0 Å². The molecule has 9 nitrogen and oxygen atoms in total. The molecule has 0 aromatic heterocycles. The molecule has 0 saturated heterocycles. The summed E-state index contributed by atoms with van der Waals surface area (Å²) in [4.78, 5) is 35.7. The molecule has 0 rings (SSSR count). The van der Waals surface area contributed by atoms with E-state index < -0.39 is 26.5 Å². The Morgan fingerprint density at radius 3 is 1.12 bits per heavy atom. The highest BCUT2D eigenvalue weighted by atomic mass is 31.2. The summed E-state index contributed by atoms with van der Waals surface area (Å²) in [7, 11) is 1.44. The molecule has 0 heterocycles. The van der Waals surface area contributed by atoms with Gasteiger partial charge in [0.15, 0.2) is 6.10 Å². The fraction of sp³-hybridized carbons (Fsp3) is 0.667. The molecule has 0 bridgehead atoms. The zero-order chi connectivity index (χ0) is 55.6. The van der Waals surface area contributed by atoms with Gasteiger partial charge < -0.3 is 18.9 Å². The van der Waals surface area contributed by atoms with E-state index in [1.807, 2.05) is 21.1 Å². The van der Waals surface area contributed by atoms with Gasteiger partial charge in [-0.3, -0.25) is 18.6 Å². The molecule has 0 radical (unpaired) electrons. The highest BCUT2D eigenvalue weighted by Crippen LogP contribution is 2.43. The number of carbonyl (C=O) groups excluding carboxylic acids is 2. The van der Waals surface area contributed by atoms with Crippen LogP contribution in [-0.2, 0) is 32.7 Å². The molecule has 0 spiro atoms. The van der Waals surface area contributed by atoms with Crippen molar-refractivity contribution in [2.45, 2.75) is 238 Å². The van der Waals surface area contributed by atoms with Crippen molar-refractivity contribution in [3.63, 3.8) is 0 Å². The molecule has 10 heteroatoms.